The average Bonchev–Trinajstić information content (AvgIpc) is 3.67. The molecule has 3 heterocycles. The maximum Gasteiger partial charge on any atom is 0.254 e. The topological polar surface area (TPSA) is 132 Å². The number of amides is 2. The number of carbonyl (C=O) groups excluding carboxylic acids is 2. The zero-order chi connectivity index (χ0) is 29.7. The van der Waals surface area contributed by atoms with Crippen LogP contribution in [0, 0.1) is 12.8 Å². The number of ether oxygens (including phenoxy) is 2. The third-order valence-corrected chi connectivity index (χ3v) is 7.38. The number of likely N-dealkylation sites (tertiary alicyclic amines) is 1. The molecule has 1 aromatic carbocycles. The zero-order valence-electron chi connectivity index (χ0n) is 24.6. The number of nitrogens with zero attached hydrogens (tertiary/aromatic N) is 4. The van der Waals surface area contributed by atoms with Crippen LogP contribution in [0.1, 0.15) is 70.1 Å². The highest BCUT2D eigenvalue weighted by atomic mass is 16.6. The van der Waals surface area contributed by atoms with Crippen LogP contribution < -0.4 is 10.1 Å². The van der Waals surface area contributed by atoms with E-state index in [0.717, 1.165) is 17.1 Å². The molecule has 0 bridgehead atoms. The predicted octanol–water partition coefficient (Wildman–Crippen LogP) is 3.55. The van der Waals surface area contributed by atoms with Gasteiger partial charge in [-0.05, 0) is 56.5 Å². The molecular weight excluding hydrogens is 526 g/mol. The Kier molecular flexibility index (Phi) is 9.82. The molecule has 1 fully saturated rings. The molecule has 5 atom stereocenters. The van der Waals surface area contributed by atoms with Crippen molar-refractivity contribution in [3.63, 3.8) is 0 Å². The lowest BCUT2D eigenvalue weighted by atomic mass is 9.91. The molecule has 222 valence electrons. The Labute approximate surface area is 240 Å². The van der Waals surface area contributed by atoms with Crippen molar-refractivity contribution in [2.45, 2.75) is 78.2 Å². The zero-order valence-corrected chi connectivity index (χ0v) is 24.6. The highest BCUT2D eigenvalue weighted by Crippen LogP contribution is 2.32. The minimum Gasteiger partial charge on any atom is -0.473 e. The summed E-state index contributed by atoms with van der Waals surface area (Å²) in [5.74, 6) is 0.0503. The van der Waals surface area contributed by atoms with Crippen molar-refractivity contribution in [1.82, 2.24) is 24.9 Å². The molecule has 1 saturated heterocycles. The van der Waals surface area contributed by atoms with Crippen LogP contribution in [0.4, 0.5) is 0 Å². The standard InChI is InChI=1S/C30H41N5O6/c1-7-39-19(4)17-40-27-15-26(41-33-27)28(18(2)3)30(38)35-16-24(36)14-25(35)29(37)32-20(5)22-8-10-23(11-9-22)34-13-12-31-21(34)6/h8-13,15,18-20,24-25,28,36H,7,14,16-17H2,1-6H3,(H,32,37)/t19?,20-,24+,25-,28?/m0/s1. The maximum absolute atomic E-state index is 13.8. The summed E-state index contributed by atoms with van der Waals surface area (Å²) in [6.45, 7) is 12.4. The quantitative estimate of drug-likeness (QED) is 0.340. The minimum absolute atomic E-state index is 0.0663. The molecule has 0 spiro atoms. The number of imidazole rings is 1. The van der Waals surface area contributed by atoms with Crippen LogP contribution in [-0.2, 0) is 14.3 Å². The van der Waals surface area contributed by atoms with Gasteiger partial charge in [0.2, 0.25) is 11.8 Å². The summed E-state index contributed by atoms with van der Waals surface area (Å²) >= 11 is 0. The molecular formula is C30H41N5O6. The third kappa shape index (κ3) is 7.15. The third-order valence-electron chi connectivity index (χ3n) is 7.38. The Hall–Kier alpha value is -3.70. The molecule has 0 radical (unpaired) electrons. The Morgan fingerprint density at radius 1 is 1.20 bits per heavy atom. The second-order valence-corrected chi connectivity index (χ2v) is 10.9. The van der Waals surface area contributed by atoms with Gasteiger partial charge in [-0.1, -0.05) is 26.0 Å². The molecule has 0 aliphatic carbocycles. The predicted molar refractivity (Wildman–Crippen MR) is 152 cm³/mol. The van der Waals surface area contributed by atoms with Crippen molar-refractivity contribution >= 4 is 11.8 Å². The van der Waals surface area contributed by atoms with Crippen molar-refractivity contribution in [2.24, 2.45) is 5.92 Å². The van der Waals surface area contributed by atoms with Gasteiger partial charge in [0, 0.05) is 43.7 Å². The molecule has 4 rings (SSSR count). The fourth-order valence-corrected chi connectivity index (χ4v) is 5.21. The van der Waals surface area contributed by atoms with E-state index in [0.29, 0.717) is 19.0 Å². The molecule has 3 aromatic rings. The van der Waals surface area contributed by atoms with E-state index in [1.807, 2.05) is 76.6 Å². The molecule has 11 heteroatoms. The molecule has 41 heavy (non-hydrogen) atoms. The highest BCUT2D eigenvalue weighted by Gasteiger charge is 2.43. The largest absolute Gasteiger partial charge is 0.473 e. The number of aryl methyl sites for hydroxylation is 1. The minimum atomic E-state index is -0.806. The van der Waals surface area contributed by atoms with E-state index in [1.165, 1.54) is 4.90 Å². The van der Waals surface area contributed by atoms with Gasteiger partial charge in [0.1, 0.15) is 24.4 Å². The Morgan fingerprint density at radius 3 is 2.56 bits per heavy atom. The van der Waals surface area contributed by atoms with Gasteiger partial charge in [0.15, 0.2) is 5.76 Å². The molecule has 2 N–H and O–H groups in total. The number of aliphatic hydroxyl groups excluding tert-OH is 1. The first-order chi connectivity index (χ1) is 19.6. The van der Waals surface area contributed by atoms with Crippen molar-refractivity contribution in [3.05, 3.63) is 59.9 Å². The summed E-state index contributed by atoms with van der Waals surface area (Å²) in [5.41, 5.74) is 1.90. The number of β-amino-alcohol motifs (C(OH)–C–C–N with tert-alkyl or cyclic N) is 1. The van der Waals surface area contributed by atoms with Crippen LogP contribution in [0.2, 0.25) is 0 Å². The fourth-order valence-electron chi connectivity index (χ4n) is 5.21. The van der Waals surface area contributed by atoms with E-state index in [2.05, 4.69) is 15.5 Å². The number of aromatic nitrogens is 3. The monoisotopic (exact) mass is 567 g/mol. The second kappa shape index (κ2) is 13.3. The molecule has 0 saturated carbocycles. The van der Waals surface area contributed by atoms with Crippen LogP contribution in [0.5, 0.6) is 5.88 Å². The van der Waals surface area contributed by atoms with Crippen molar-refractivity contribution in [1.29, 1.82) is 0 Å². The molecule has 2 aromatic heterocycles. The van der Waals surface area contributed by atoms with Crippen molar-refractivity contribution < 1.29 is 28.7 Å². The number of nitrogens with one attached hydrogen (secondary N) is 1. The van der Waals surface area contributed by atoms with Gasteiger partial charge in [-0.3, -0.25) is 9.59 Å². The molecule has 1 aliphatic rings. The lowest BCUT2D eigenvalue weighted by Gasteiger charge is -2.29. The first-order valence-electron chi connectivity index (χ1n) is 14.2. The maximum atomic E-state index is 13.8. The number of hydrogen-bond donors (Lipinski definition) is 2. The van der Waals surface area contributed by atoms with E-state index in [4.69, 9.17) is 14.0 Å². The second-order valence-electron chi connectivity index (χ2n) is 10.9. The molecule has 2 amide bonds. The highest BCUT2D eigenvalue weighted by molar-refractivity contribution is 5.91. The fraction of sp³-hybridized carbons (Fsp3) is 0.533. The van der Waals surface area contributed by atoms with Crippen LogP contribution in [0.15, 0.2) is 47.2 Å². The van der Waals surface area contributed by atoms with E-state index in [9.17, 15) is 14.7 Å². The Morgan fingerprint density at radius 2 is 1.93 bits per heavy atom. The number of aliphatic hydroxyl groups is 1. The van der Waals surface area contributed by atoms with E-state index in [-0.39, 0.29) is 48.7 Å². The van der Waals surface area contributed by atoms with Crippen molar-refractivity contribution in [2.75, 3.05) is 19.8 Å². The van der Waals surface area contributed by atoms with Gasteiger partial charge in [-0.15, -0.1) is 0 Å². The number of carbonyl (C=O) groups is 2. The Bertz CT molecular complexity index is 1300. The summed E-state index contributed by atoms with van der Waals surface area (Å²) in [6.07, 6.45) is 2.89. The van der Waals surface area contributed by atoms with Gasteiger partial charge < -0.3 is 33.9 Å². The van der Waals surface area contributed by atoms with Gasteiger partial charge in [0.05, 0.1) is 18.2 Å². The normalized spacial score (nSPS) is 19.3. The van der Waals surface area contributed by atoms with Gasteiger partial charge in [-0.2, -0.15) is 0 Å². The lowest BCUT2D eigenvalue weighted by molar-refractivity contribution is -0.141. The number of benzene rings is 1. The smallest absolute Gasteiger partial charge is 0.254 e. The Balaban J connectivity index is 1.43. The average molecular weight is 568 g/mol. The van der Waals surface area contributed by atoms with E-state index >= 15 is 0 Å². The summed E-state index contributed by atoms with van der Waals surface area (Å²) < 4.78 is 18.6. The van der Waals surface area contributed by atoms with Gasteiger partial charge in [0.25, 0.3) is 5.88 Å². The summed E-state index contributed by atoms with van der Waals surface area (Å²) in [4.78, 5) is 33.0. The van der Waals surface area contributed by atoms with Crippen LogP contribution in [0.25, 0.3) is 5.69 Å². The molecule has 1 aliphatic heterocycles. The lowest BCUT2D eigenvalue weighted by Crippen LogP contribution is -2.48. The van der Waals surface area contributed by atoms with Gasteiger partial charge >= 0.3 is 0 Å². The first-order valence-corrected chi connectivity index (χ1v) is 14.2. The summed E-state index contributed by atoms with van der Waals surface area (Å²) in [6, 6.07) is 8.37. The summed E-state index contributed by atoms with van der Waals surface area (Å²) in [7, 11) is 0. The SMILES string of the molecule is CCOC(C)COc1cc(C(C(=O)N2C[C@H](O)C[C@H]2C(=O)N[C@@H](C)c2ccc(-n3ccnc3C)cc2)C(C)C)on1. The van der Waals surface area contributed by atoms with Crippen molar-refractivity contribution in [3.8, 4) is 11.6 Å². The van der Waals surface area contributed by atoms with Crippen LogP contribution in [-0.4, -0.2) is 74.5 Å². The van der Waals surface area contributed by atoms with E-state index < -0.39 is 18.1 Å². The molecule has 11 nitrogen and oxygen atoms in total. The first kappa shape index (κ1) is 30.3. The number of hydrogen-bond acceptors (Lipinski definition) is 8. The molecule has 2 unspecified atom stereocenters. The summed E-state index contributed by atoms with van der Waals surface area (Å²) in [5, 5.41) is 17.5. The van der Waals surface area contributed by atoms with Crippen LogP contribution >= 0.6 is 0 Å². The number of rotatable bonds is 12. The van der Waals surface area contributed by atoms with E-state index in [1.54, 1.807) is 12.3 Å². The van der Waals surface area contributed by atoms with Gasteiger partial charge in [-0.25, -0.2) is 4.98 Å². The van der Waals surface area contributed by atoms with Crippen LogP contribution in [0.3, 0.4) is 0 Å².